The maximum absolute atomic E-state index is 2.31. The van der Waals surface area contributed by atoms with Crippen LogP contribution in [0.3, 0.4) is 0 Å². The van der Waals surface area contributed by atoms with Gasteiger partial charge in [-0.1, -0.05) is 74.4 Å². The first-order valence-corrected chi connectivity index (χ1v) is 7.97. The second kappa shape index (κ2) is 12.7. The van der Waals surface area contributed by atoms with Crippen LogP contribution < -0.4 is 0 Å². The molecule has 0 aliphatic rings. The van der Waals surface area contributed by atoms with Gasteiger partial charge in [0.25, 0.3) is 0 Å². The number of rotatable bonds is 9. The van der Waals surface area contributed by atoms with Crippen LogP contribution in [-0.2, 0) is 0 Å². The summed E-state index contributed by atoms with van der Waals surface area (Å²) in [4.78, 5) is 0. The van der Waals surface area contributed by atoms with E-state index in [1.54, 1.807) is 0 Å². The molecule has 112 valence electrons. The third-order valence-corrected chi connectivity index (χ3v) is 3.43. The van der Waals surface area contributed by atoms with Crippen LogP contribution in [0.25, 0.3) is 0 Å². The number of allylic oxidation sites excluding steroid dienone is 10. The van der Waals surface area contributed by atoms with Gasteiger partial charge in [-0.2, -0.15) is 0 Å². The van der Waals surface area contributed by atoms with Crippen LogP contribution in [0.1, 0.15) is 60.3 Å². The standard InChI is InChI=1S/C20H32/c1-6-10-12-15-20(19(9-4)13-8-3)17-16-18(5)14-11-7-2/h6-7,10-12,15-17,19H,8-9,13-14H2,1-5H3. The van der Waals surface area contributed by atoms with Crippen molar-refractivity contribution in [2.45, 2.75) is 60.3 Å². The summed E-state index contributed by atoms with van der Waals surface area (Å²) in [5.74, 6) is 0.673. The molecule has 20 heavy (non-hydrogen) atoms. The molecule has 0 spiro atoms. The van der Waals surface area contributed by atoms with Crippen molar-refractivity contribution in [3.05, 3.63) is 59.8 Å². The zero-order chi connectivity index (χ0) is 15.2. The van der Waals surface area contributed by atoms with Gasteiger partial charge in [0.1, 0.15) is 0 Å². The van der Waals surface area contributed by atoms with Gasteiger partial charge in [-0.25, -0.2) is 0 Å². The van der Waals surface area contributed by atoms with Crippen molar-refractivity contribution in [3.63, 3.8) is 0 Å². The lowest BCUT2D eigenvalue weighted by atomic mass is 9.90. The molecule has 0 aliphatic carbocycles. The van der Waals surface area contributed by atoms with E-state index in [4.69, 9.17) is 0 Å². The summed E-state index contributed by atoms with van der Waals surface area (Å²) < 4.78 is 0. The van der Waals surface area contributed by atoms with E-state index in [1.165, 1.54) is 30.4 Å². The first-order chi connectivity index (χ1) is 9.69. The first-order valence-electron chi connectivity index (χ1n) is 7.97. The van der Waals surface area contributed by atoms with Gasteiger partial charge in [-0.15, -0.1) is 0 Å². The molecule has 1 unspecified atom stereocenters. The third kappa shape index (κ3) is 8.74. The third-order valence-electron chi connectivity index (χ3n) is 3.43. The maximum Gasteiger partial charge on any atom is -0.0139 e. The van der Waals surface area contributed by atoms with Gasteiger partial charge in [0.15, 0.2) is 0 Å². The summed E-state index contributed by atoms with van der Waals surface area (Å²) in [5.41, 5.74) is 2.86. The molecular formula is C20H32. The second-order valence-electron chi connectivity index (χ2n) is 5.23. The van der Waals surface area contributed by atoms with Gasteiger partial charge in [-0.05, 0) is 51.5 Å². The maximum atomic E-state index is 2.31. The van der Waals surface area contributed by atoms with Crippen molar-refractivity contribution >= 4 is 0 Å². The molecular weight excluding hydrogens is 240 g/mol. The lowest BCUT2D eigenvalue weighted by molar-refractivity contribution is 0.544. The second-order valence-corrected chi connectivity index (χ2v) is 5.23. The van der Waals surface area contributed by atoms with Gasteiger partial charge < -0.3 is 0 Å². The average molecular weight is 272 g/mol. The fourth-order valence-corrected chi connectivity index (χ4v) is 2.17. The van der Waals surface area contributed by atoms with Crippen LogP contribution in [0.2, 0.25) is 0 Å². The van der Waals surface area contributed by atoms with Crippen LogP contribution in [-0.4, -0.2) is 0 Å². The first kappa shape index (κ1) is 18.7. The van der Waals surface area contributed by atoms with Crippen molar-refractivity contribution in [1.82, 2.24) is 0 Å². The molecule has 1 atom stereocenters. The smallest absolute Gasteiger partial charge is 0.0139 e. The molecule has 0 aromatic carbocycles. The average Bonchev–Trinajstić information content (AvgIpc) is 2.46. The quantitative estimate of drug-likeness (QED) is 0.320. The Bertz CT molecular complexity index is 375. The largest absolute Gasteiger partial charge is 0.0913 e. The van der Waals surface area contributed by atoms with Crippen molar-refractivity contribution < 1.29 is 0 Å². The lowest BCUT2D eigenvalue weighted by Crippen LogP contribution is -2.00. The van der Waals surface area contributed by atoms with E-state index in [9.17, 15) is 0 Å². The molecule has 0 fully saturated rings. The molecule has 0 aromatic heterocycles. The molecule has 0 rings (SSSR count). The van der Waals surface area contributed by atoms with Crippen molar-refractivity contribution in [1.29, 1.82) is 0 Å². The molecule has 0 saturated carbocycles. The minimum atomic E-state index is 0.673. The summed E-state index contributed by atoms with van der Waals surface area (Å²) in [6.45, 7) is 10.9. The summed E-state index contributed by atoms with van der Waals surface area (Å²) in [6, 6.07) is 0. The van der Waals surface area contributed by atoms with Gasteiger partial charge in [0.2, 0.25) is 0 Å². The van der Waals surface area contributed by atoms with Gasteiger partial charge in [-0.3, -0.25) is 0 Å². The molecule has 0 radical (unpaired) electrons. The lowest BCUT2D eigenvalue weighted by Gasteiger charge is -2.15. The number of hydrogen-bond donors (Lipinski definition) is 0. The van der Waals surface area contributed by atoms with E-state index in [0.717, 1.165) is 6.42 Å². The van der Waals surface area contributed by atoms with E-state index in [1.807, 2.05) is 0 Å². The van der Waals surface area contributed by atoms with Crippen LogP contribution >= 0.6 is 0 Å². The molecule has 0 aromatic rings. The summed E-state index contributed by atoms with van der Waals surface area (Å²) >= 11 is 0. The summed E-state index contributed by atoms with van der Waals surface area (Å²) in [6.07, 6.45) is 22.3. The Hall–Kier alpha value is -1.30. The molecule has 0 heterocycles. The zero-order valence-corrected chi connectivity index (χ0v) is 14.0. The highest BCUT2D eigenvalue weighted by molar-refractivity contribution is 5.30. The fourth-order valence-electron chi connectivity index (χ4n) is 2.17. The molecule has 0 saturated heterocycles. The Balaban J connectivity index is 5.07. The van der Waals surface area contributed by atoms with Crippen molar-refractivity contribution in [2.24, 2.45) is 5.92 Å². The molecule has 0 aliphatic heterocycles. The van der Waals surface area contributed by atoms with E-state index >= 15 is 0 Å². The highest BCUT2D eigenvalue weighted by atomic mass is 14.1. The summed E-state index contributed by atoms with van der Waals surface area (Å²) in [5, 5.41) is 0. The minimum Gasteiger partial charge on any atom is -0.0913 e. The van der Waals surface area contributed by atoms with E-state index in [2.05, 4.69) is 83.2 Å². The Morgan fingerprint density at radius 1 is 1.00 bits per heavy atom. The number of hydrogen-bond acceptors (Lipinski definition) is 0. The predicted molar refractivity (Wildman–Crippen MR) is 93.9 cm³/mol. The van der Waals surface area contributed by atoms with Crippen LogP contribution in [0, 0.1) is 5.92 Å². The van der Waals surface area contributed by atoms with Gasteiger partial charge in [0, 0.05) is 0 Å². The molecule has 0 heteroatoms. The minimum absolute atomic E-state index is 0.673. The topological polar surface area (TPSA) is 0 Å². The summed E-state index contributed by atoms with van der Waals surface area (Å²) in [7, 11) is 0. The molecule has 0 N–H and O–H groups in total. The normalized spacial score (nSPS) is 15.8. The van der Waals surface area contributed by atoms with Crippen molar-refractivity contribution in [2.75, 3.05) is 0 Å². The monoisotopic (exact) mass is 272 g/mol. The Morgan fingerprint density at radius 2 is 1.75 bits per heavy atom. The van der Waals surface area contributed by atoms with Gasteiger partial charge >= 0.3 is 0 Å². The highest BCUT2D eigenvalue weighted by Crippen LogP contribution is 2.22. The predicted octanol–water partition coefficient (Wildman–Crippen LogP) is 6.78. The van der Waals surface area contributed by atoms with E-state index < -0.39 is 0 Å². The highest BCUT2D eigenvalue weighted by Gasteiger charge is 2.07. The Kier molecular flexibility index (Phi) is 11.9. The SMILES string of the molecule is CC=CC=CC(=CC=C(C)CC=CC)C(CC)CCC. The molecule has 0 nitrogen and oxygen atoms in total. The van der Waals surface area contributed by atoms with Crippen molar-refractivity contribution in [3.8, 4) is 0 Å². The molecule has 0 bridgehead atoms. The van der Waals surface area contributed by atoms with Gasteiger partial charge in [0.05, 0.1) is 0 Å². The molecule has 0 amide bonds. The zero-order valence-electron chi connectivity index (χ0n) is 14.0. The van der Waals surface area contributed by atoms with Crippen LogP contribution in [0.5, 0.6) is 0 Å². The van der Waals surface area contributed by atoms with Crippen LogP contribution in [0.4, 0.5) is 0 Å². The fraction of sp³-hybridized carbons (Fsp3) is 0.500. The van der Waals surface area contributed by atoms with Crippen LogP contribution in [0.15, 0.2) is 59.8 Å². The van der Waals surface area contributed by atoms with E-state index in [0.29, 0.717) is 5.92 Å². The Labute approximate surface area is 126 Å². The Morgan fingerprint density at radius 3 is 2.30 bits per heavy atom. The van der Waals surface area contributed by atoms with E-state index in [-0.39, 0.29) is 0 Å².